The van der Waals surface area contributed by atoms with Crippen LogP contribution in [0.1, 0.15) is 6.42 Å². The number of ether oxygens (including phenoxy) is 2. The summed E-state index contributed by atoms with van der Waals surface area (Å²) in [5, 5.41) is 0. The Morgan fingerprint density at radius 3 is 2.27 bits per heavy atom. The molecule has 1 rings (SSSR count). The maximum Gasteiger partial charge on any atom is 0.387 e. The molecule has 0 aliphatic carbocycles. The van der Waals surface area contributed by atoms with Crippen LogP contribution in [-0.4, -0.2) is 19.8 Å². The minimum Gasteiger partial charge on any atom is -0.494 e. The van der Waals surface area contributed by atoms with Gasteiger partial charge in [-0.25, -0.2) is 0 Å². The second-order valence-electron chi connectivity index (χ2n) is 2.84. The van der Waals surface area contributed by atoms with E-state index in [1.807, 2.05) is 0 Å². The Morgan fingerprint density at radius 1 is 1.13 bits per heavy atom. The summed E-state index contributed by atoms with van der Waals surface area (Å²) in [6.07, 6.45) is 0.759. The molecular weight excluding hydrogens is 204 g/mol. The average Bonchev–Trinajstić information content (AvgIpc) is 2.20. The molecule has 0 heterocycles. The Hall–Kier alpha value is -1.36. The summed E-state index contributed by atoms with van der Waals surface area (Å²) >= 11 is 0. The predicted octanol–water partition coefficient (Wildman–Crippen LogP) is 2.02. The first-order valence-electron chi connectivity index (χ1n) is 4.60. The van der Waals surface area contributed by atoms with Crippen LogP contribution in [0.15, 0.2) is 24.3 Å². The predicted molar refractivity (Wildman–Crippen MR) is 52.2 cm³/mol. The zero-order valence-electron chi connectivity index (χ0n) is 8.16. The van der Waals surface area contributed by atoms with Crippen molar-refractivity contribution >= 4 is 0 Å². The molecule has 84 valence electrons. The zero-order valence-corrected chi connectivity index (χ0v) is 8.16. The van der Waals surface area contributed by atoms with Crippen molar-refractivity contribution in [3.63, 3.8) is 0 Å². The molecule has 0 bridgehead atoms. The number of halogens is 2. The molecule has 0 aliphatic rings. The van der Waals surface area contributed by atoms with E-state index in [1.54, 1.807) is 12.1 Å². The zero-order chi connectivity index (χ0) is 11.1. The van der Waals surface area contributed by atoms with Gasteiger partial charge in [-0.05, 0) is 37.2 Å². The molecule has 0 aliphatic heterocycles. The smallest absolute Gasteiger partial charge is 0.387 e. The highest BCUT2D eigenvalue weighted by Gasteiger charge is 2.03. The van der Waals surface area contributed by atoms with Crippen molar-refractivity contribution < 1.29 is 18.3 Å². The van der Waals surface area contributed by atoms with Crippen molar-refractivity contribution in [1.82, 2.24) is 0 Å². The lowest BCUT2D eigenvalue weighted by atomic mass is 10.3. The van der Waals surface area contributed by atoms with Crippen molar-refractivity contribution in [2.45, 2.75) is 13.0 Å². The summed E-state index contributed by atoms with van der Waals surface area (Å²) in [5.74, 6) is 0.737. The van der Waals surface area contributed by atoms with Gasteiger partial charge in [-0.15, -0.1) is 0 Å². The van der Waals surface area contributed by atoms with E-state index in [2.05, 4.69) is 4.74 Å². The minimum atomic E-state index is -2.80. The molecule has 15 heavy (non-hydrogen) atoms. The van der Waals surface area contributed by atoms with Crippen LogP contribution in [0.25, 0.3) is 0 Å². The molecule has 0 aromatic heterocycles. The van der Waals surface area contributed by atoms with Gasteiger partial charge in [0.25, 0.3) is 0 Å². The van der Waals surface area contributed by atoms with E-state index >= 15 is 0 Å². The monoisotopic (exact) mass is 217 g/mol. The molecule has 3 nitrogen and oxygen atoms in total. The van der Waals surface area contributed by atoms with Crippen molar-refractivity contribution in [3.8, 4) is 11.5 Å². The van der Waals surface area contributed by atoms with Gasteiger partial charge in [0, 0.05) is 0 Å². The molecule has 0 saturated carbocycles. The van der Waals surface area contributed by atoms with E-state index in [-0.39, 0.29) is 5.75 Å². The second-order valence-corrected chi connectivity index (χ2v) is 2.84. The fourth-order valence-corrected chi connectivity index (χ4v) is 0.991. The lowest BCUT2D eigenvalue weighted by Crippen LogP contribution is -2.06. The molecule has 0 spiro atoms. The third-order valence-electron chi connectivity index (χ3n) is 1.67. The highest BCUT2D eigenvalue weighted by molar-refractivity contribution is 5.31. The first-order chi connectivity index (χ1) is 7.22. The fraction of sp³-hybridized carbons (Fsp3) is 0.400. The maximum atomic E-state index is 11.8. The van der Waals surface area contributed by atoms with E-state index in [4.69, 9.17) is 10.5 Å². The van der Waals surface area contributed by atoms with Gasteiger partial charge in [-0.2, -0.15) is 8.78 Å². The van der Waals surface area contributed by atoms with Crippen LogP contribution in [0.5, 0.6) is 11.5 Å². The van der Waals surface area contributed by atoms with Crippen LogP contribution in [0.4, 0.5) is 8.78 Å². The Kier molecular flexibility index (Phi) is 4.83. The second kappa shape index (κ2) is 6.19. The van der Waals surface area contributed by atoms with Crippen LogP contribution in [0.3, 0.4) is 0 Å². The molecule has 0 saturated heterocycles. The molecule has 5 heteroatoms. The van der Waals surface area contributed by atoms with Crippen LogP contribution in [0.2, 0.25) is 0 Å². The van der Waals surface area contributed by atoms with Gasteiger partial charge in [0.05, 0.1) is 6.61 Å². The quantitative estimate of drug-likeness (QED) is 0.741. The molecule has 0 radical (unpaired) electrons. The van der Waals surface area contributed by atoms with E-state index in [0.717, 1.165) is 6.42 Å². The third-order valence-corrected chi connectivity index (χ3v) is 1.67. The van der Waals surface area contributed by atoms with E-state index in [0.29, 0.717) is 18.9 Å². The SMILES string of the molecule is NCCCOc1ccc(OC(F)F)cc1. The van der Waals surface area contributed by atoms with Crippen molar-refractivity contribution in [1.29, 1.82) is 0 Å². The summed E-state index contributed by atoms with van der Waals surface area (Å²) in [4.78, 5) is 0. The van der Waals surface area contributed by atoms with E-state index in [9.17, 15) is 8.78 Å². The van der Waals surface area contributed by atoms with E-state index < -0.39 is 6.61 Å². The Balaban J connectivity index is 2.42. The average molecular weight is 217 g/mol. The molecule has 1 aromatic carbocycles. The summed E-state index contributed by atoms with van der Waals surface area (Å²) in [5.41, 5.74) is 5.29. The van der Waals surface area contributed by atoms with Crippen LogP contribution in [0, 0.1) is 0 Å². The molecule has 1 aromatic rings. The van der Waals surface area contributed by atoms with Crippen LogP contribution < -0.4 is 15.2 Å². The van der Waals surface area contributed by atoms with E-state index in [1.165, 1.54) is 12.1 Å². The largest absolute Gasteiger partial charge is 0.494 e. The Morgan fingerprint density at radius 2 is 1.73 bits per heavy atom. The number of hydrogen-bond acceptors (Lipinski definition) is 3. The maximum absolute atomic E-state index is 11.8. The van der Waals surface area contributed by atoms with Crippen LogP contribution in [-0.2, 0) is 0 Å². The molecule has 0 amide bonds. The highest BCUT2D eigenvalue weighted by Crippen LogP contribution is 2.19. The Bertz CT molecular complexity index is 277. The van der Waals surface area contributed by atoms with Crippen LogP contribution >= 0.6 is 0 Å². The van der Waals surface area contributed by atoms with Crippen molar-refractivity contribution in [3.05, 3.63) is 24.3 Å². The fourth-order valence-electron chi connectivity index (χ4n) is 0.991. The minimum absolute atomic E-state index is 0.121. The topological polar surface area (TPSA) is 44.5 Å². The normalized spacial score (nSPS) is 10.4. The highest BCUT2D eigenvalue weighted by atomic mass is 19.3. The summed E-state index contributed by atoms with van der Waals surface area (Å²) in [6, 6.07) is 6.02. The lowest BCUT2D eigenvalue weighted by Gasteiger charge is -2.07. The molecular formula is C10H13F2NO2. The number of hydrogen-bond donors (Lipinski definition) is 1. The summed E-state index contributed by atoms with van der Waals surface area (Å²) in [6.45, 7) is -1.72. The number of alkyl halides is 2. The Labute approximate surface area is 86.8 Å². The van der Waals surface area contributed by atoms with Gasteiger partial charge >= 0.3 is 6.61 Å². The third kappa shape index (κ3) is 4.60. The summed E-state index contributed by atoms with van der Waals surface area (Å²) < 4.78 is 33.1. The molecule has 0 unspecified atom stereocenters. The van der Waals surface area contributed by atoms with Gasteiger partial charge in [0.1, 0.15) is 11.5 Å². The first-order valence-corrected chi connectivity index (χ1v) is 4.60. The van der Waals surface area contributed by atoms with Gasteiger partial charge in [0.15, 0.2) is 0 Å². The number of benzene rings is 1. The number of nitrogens with two attached hydrogens (primary N) is 1. The first kappa shape index (κ1) is 11.7. The summed E-state index contributed by atoms with van der Waals surface area (Å²) in [7, 11) is 0. The van der Waals surface area contributed by atoms with Gasteiger partial charge in [0.2, 0.25) is 0 Å². The lowest BCUT2D eigenvalue weighted by molar-refractivity contribution is -0.0498. The number of rotatable bonds is 6. The molecule has 0 fully saturated rings. The van der Waals surface area contributed by atoms with Gasteiger partial charge in [-0.3, -0.25) is 0 Å². The van der Waals surface area contributed by atoms with Gasteiger partial charge < -0.3 is 15.2 Å². The standard InChI is InChI=1S/C10H13F2NO2/c11-10(12)15-9-4-2-8(3-5-9)14-7-1-6-13/h2-5,10H,1,6-7,13H2. The van der Waals surface area contributed by atoms with Gasteiger partial charge in [-0.1, -0.05) is 0 Å². The molecule has 0 atom stereocenters. The van der Waals surface area contributed by atoms with Crippen molar-refractivity contribution in [2.24, 2.45) is 5.73 Å². The van der Waals surface area contributed by atoms with Crippen molar-refractivity contribution in [2.75, 3.05) is 13.2 Å². The molecule has 2 N–H and O–H groups in total.